The molecule has 1 aromatic heterocycles. The molecule has 0 bridgehead atoms. The molecule has 2 N–H and O–H groups in total. The standard InChI is InChI=1S/C18H24N4O3S.HI/c1-13-10-14(8-9-16(13)26(4,23)24)11-20-18(19-2)21-12-15-6-5-7-17(22-15)25-3;/h5-10H,11-12H2,1-4H3,(H2,19,20,21);1H. The van der Waals surface area contributed by atoms with Gasteiger partial charge in [0.15, 0.2) is 15.8 Å². The van der Waals surface area contributed by atoms with Crippen LogP contribution < -0.4 is 15.4 Å². The molecule has 0 spiro atoms. The Balaban J connectivity index is 0.00000364. The molecule has 2 aromatic rings. The number of methoxy groups -OCH3 is 1. The third-order valence-corrected chi connectivity index (χ3v) is 5.01. The van der Waals surface area contributed by atoms with Gasteiger partial charge in [-0.2, -0.15) is 0 Å². The average molecular weight is 504 g/mol. The summed E-state index contributed by atoms with van der Waals surface area (Å²) in [6, 6.07) is 10.9. The van der Waals surface area contributed by atoms with Crippen molar-refractivity contribution in [2.45, 2.75) is 24.9 Å². The number of ether oxygens (including phenoxy) is 1. The minimum Gasteiger partial charge on any atom is -0.481 e. The highest BCUT2D eigenvalue weighted by Crippen LogP contribution is 2.16. The van der Waals surface area contributed by atoms with Crippen LogP contribution in [0.2, 0.25) is 0 Å². The number of aromatic nitrogens is 1. The van der Waals surface area contributed by atoms with Gasteiger partial charge in [0.2, 0.25) is 5.88 Å². The molecule has 0 aliphatic rings. The van der Waals surface area contributed by atoms with E-state index in [4.69, 9.17) is 4.74 Å². The number of aliphatic imine (C=N–C) groups is 1. The topological polar surface area (TPSA) is 92.7 Å². The monoisotopic (exact) mass is 504 g/mol. The summed E-state index contributed by atoms with van der Waals surface area (Å²) in [5.41, 5.74) is 2.54. The van der Waals surface area contributed by atoms with Crippen molar-refractivity contribution in [2.75, 3.05) is 20.4 Å². The number of pyridine rings is 1. The van der Waals surface area contributed by atoms with Crippen LogP contribution in [0.25, 0.3) is 0 Å². The van der Waals surface area contributed by atoms with Gasteiger partial charge in [0.1, 0.15) is 0 Å². The fourth-order valence-corrected chi connectivity index (χ4v) is 3.45. The Kier molecular flexibility index (Phi) is 8.97. The van der Waals surface area contributed by atoms with E-state index in [1.165, 1.54) is 6.26 Å². The molecule has 27 heavy (non-hydrogen) atoms. The molecule has 0 aliphatic carbocycles. The summed E-state index contributed by atoms with van der Waals surface area (Å²) < 4.78 is 28.5. The third-order valence-electron chi connectivity index (χ3n) is 3.75. The summed E-state index contributed by atoms with van der Waals surface area (Å²) in [5.74, 6) is 1.19. The maximum absolute atomic E-state index is 11.7. The van der Waals surface area contributed by atoms with Crippen LogP contribution >= 0.6 is 24.0 Å². The highest BCUT2D eigenvalue weighted by atomic mass is 127. The van der Waals surface area contributed by atoms with Gasteiger partial charge in [-0.25, -0.2) is 13.4 Å². The molecular weight excluding hydrogens is 479 g/mol. The summed E-state index contributed by atoms with van der Waals surface area (Å²) >= 11 is 0. The van der Waals surface area contributed by atoms with E-state index in [-0.39, 0.29) is 24.0 Å². The van der Waals surface area contributed by atoms with Gasteiger partial charge in [0.05, 0.1) is 24.2 Å². The van der Waals surface area contributed by atoms with Crippen LogP contribution in [0.15, 0.2) is 46.3 Å². The first-order valence-electron chi connectivity index (χ1n) is 8.07. The van der Waals surface area contributed by atoms with E-state index >= 15 is 0 Å². The predicted molar refractivity (Wildman–Crippen MR) is 118 cm³/mol. The predicted octanol–water partition coefficient (Wildman–Crippen LogP) is 2.29. The van der Waals surface area contributed by atoms with Crippen molar-refractivity contribution in [1.29, 1.82) is 0 Å². The van der Waals surface area contributed by atoms with Gasteiger partial charge in [0.25, 0.3) is 0 Å². The van der Waals surface area contributed by atoms with Gasteiger partial charge in [-0.05, 0) is 30.2 Å². The molecule has 7 nitrogen and oxygen atoms in total. The number of benzene rings is 1. The Hall–Kier alpha value is -1.88. The Morgan fingerprint density at radius 1 is 1.19 bits per heavy atom. The molecule has 0 saturated heterocycles. The lowest BCUT2D eigenvalue weighted by atomic mass is 10.1. The van der Waals surface area contributed by atoms with Gasteiger partial charge in [-0.15, -0.1) is 24.0 Å². The number of hydrogen-bond donors (Lipinski definition) is 2. The molecule has 0 saturated carbocycles. The number of aryl methyl sites for hydroxylation is 1. The second kappa shape index (κ2) is 10.5. The van der Waals surface area contributed by atoms with Crippen LogP contribution in [0.1, 0.15) is 16.8 Å². The second-order valence-corrected chi connectivity index (χ2v) is 7.81. The lowest BCUT2D eigenvalue weighted by Crippen LogP contribution is -2.36. The number of guanidine groups is 1. The summed E-state index contributed by atoms with van der Waals surface area (Å²) in [6.07, 6.45) is 1.21. The van der Waals surface area contributed by atoms with Gasteiger partial charge >= 0.3 is 0 Å². The number of sulfone groups is 1. The fraction of sp³-hybridized carbons (Fsp3) is 0.333. The van der Waals surface area contributed by atoms with Crippen LogP contribution in [0.5, 0.6) is 5.88 Å². The lowest BCUT2D eigenvalue weighted by molar-refractivity contribution is 0.396. The molecule has 0 atom stereocenters. The largest absolute Gasteiger partial charge is 0.481 e. The SMILES string of the molecule is CN=C(NCc1ccc(S(C)(=O)=O)c(C)c1)NCc1cccc(OC)n1.I. The zero-order valence-corrected chi connectivity index (χ0v) is 19.0. The Labute approximate surface area is 177 Å². The molecule has 1 heterocycles. The van der Waals surface area contributed by atoms with E-state index in [0.29, 0.717) is 29.8 Å². The number of rotatable bonds is 6. The van der Waals surface area contributed by atoms with Crippen LogP contribution in [-0.4, -0.2) is 39.8 Å². The molecule has 9 heteroatoms. The van der Waals surface area contributed by atoms with E-state index in [1.807, 2.05) is 18.2 Å². The highest BCUT2D eigenvalue weighted by molar-refractivity contribution is 14.0. The van der Waals surface area contributed by atoms with Gasteiger partial charge in [-0.3, -0.25) is 4.99 Å². The maximum Gasteiger partial charge on any atom is 0.213 e. The Morgan fingerprint density at radius 3 is 2.48 bits per heavy atom. The minimum atomic E-state index is -3.20. The smallest absolute Gasteiger partial charge is 0.213 e. The lowest BCUT2D eigenvalue weighted by Gasteiger charge is -2.13. The van der Waals surface area contributed by atoms with E-state index < -0.39 is 9.84 Å². The van der Waals surface area contributed by atoms with Crippen LogP contribution in [0, 0.1) is 6.92 Å². The average Bonchev–Trinajstić information content (AvgIpc) is 2.61. The van der Waals surface area contributed by atoms with E-state index in [2.05, 4.69) is 20.6 Å². The summed E-state index contributed by atoms with van der Waals surface area (Å²) in [5, 5.41) is 6.38. The molecule has 0 aliphatic heterocycles. The van der Waals surface area contributed by atoms with Crippen molar-refractivity contribution in [3.8, 4) is 5.88 Å². The fourth-order valence-electron chi connectivity index (χ4n) is 2.49. The normalized spacial score (nSPS) is 11.5. The summed E-state index contributed by atoms with van der Waals surface area (Å²) in [4.78, 5) is 8.87. The zero-order chi connectivity index (χ0) is 19.2. The minimum absolute atomic E-state index is 0. The van der Waals surface area contributed by atoms with E-state index in [0.717, 1.165) is 16.8 Å². The van der Waals surface area contributed by atoms with Crippen molar-refractivity contribution in [1.82, 2.24) is 15.6 Å². The van der Waals surface area contributed by atoms with Crippen molar-refractivity contribution >= 4 is 39.8 Å². The molecule has 2 rings (SSSR count). The number of nitrogens with zero attached hydrogens (tertiary/aromatic N) is 2. The first kappa shape index (κ1) is 23.2. The molecule has 0 amide bonds. The quantitative estimate of drug-likeness (QED) is 0.357. The molecule has 0 unspecified atom stereocenters. The molecule has 0 radical (unpaired) electrons. The Morgan fingerprint density at radius 2 is 1.89 bits per heavy atom. The molecule has 1 aromatic carbocycles. The van der Waals surface area contributed by atoms with Crippen LogP contribution in [0.4, 0.5) is 0 Å². The number of halogens is 1. The molecule has 148 valence electrons. The van der Waals surface area contributed by atoms with E-state index in [9.17, 15) is 8.42 Å². The van der Waals surface area contributed by atoms with E-state index in [1.54, 1.807) is 39.3 Å². The zero-order valence-electron chi connectivity index (χ0n) is 15.8. The molecule has 0 fully saturated rings. The number of nitrogens with one attached hydrogen (secondary N) is 2. The molecular formula is C18H25IN4O3S. The van der Waals surface area contributed by atoms with Crippen molar-refractivity contribution in [3.63, 3.8) is 0 Å². The second-order valence-electron chi connectivity index (χ2n) is 5.82. The van der Waals surface area contributed by atoms with Crippen LogP contribution in [-0.2, 0) is 22.9 Å². The summed E-state index contributed by atoms with van der Waals surface area (Å²) in [6.45, 7) is 2.82. The Bertz CT molecular complexity index is 901. The highest BCUT2D eigenvalue weighted by Gasteiger charge is 2.11. The maximum atomic E-state index is 11.7. The van der Waals surface area contributed by atoms with Crippen molar-refractivity contribution < 1.29 is 13.2 Å². The van der Waals surface area contributed by atoms with Crippen molar-refractivity contribution in [2.24, 2.45) is 4.99 Å². The van der Waals surface area contributed by atoms with Gasteiger partial charge in [-0.1, -0.05) is 18.2 Å². The summed E-state index contributed by atoms with van der Waals surface area (Å²) in [7, 11) is 0.0624. The third kappa shape index (κ3) is 6.98. The van der Waals surface area contributed by atoms with Crippen LogP contribution in [0.3, 0.4) is 0 Å². The first-order chi connectivity index (χ1) is 12.3. The van der Waals surface area contributed by atoms with Crippen molar-refractivity contribution in [3.05, 3.63) is 53.2 Å². The van der Waals surface area contributed by atoms with Gasteiger partial charge in [0, 0.05) is 25.9 Å². The number of hydrogen-bond acceptors (Lipinski definition) is 5. The van der Waals surface area contributed by atoms with Gasteiger partial charge < -0.3 is 15.4 Å². The first-order valence-corrected chi connectivity index (χ1v) is 9.96.